The number of hydrogen-bond donors (Lipinski definition) is 1. The molecule has 0 aliphatic carbocycles. The van der Waals surface area contributed by atoms with Crippen LogP contribution in [0.15, 0.2) is 42.5 Å². The molecule has 2 amide bonds. The highest BCUT2D eigenvalue weighted by Crippen LogP contribution is 2.22. The largest absolute Gasteiger partial charge is 0.339 e. The van der Waals surface area contributed by atoms with Crippen molar-refractivity contribution >= 4 is 28.5 Å². The van der Waals surface area contributed by atoms with Gasteiger partial charge in [-0.25, -0.2) is 4.68 Å². The second-order valence-electron chi connectivity index (χ2n) is 7.52. The monoisotopic (exact) mass is 391 g/mol. The van der Waals surface area contributed by atoms with Crippen LogP contribution in [-0.4, -0.2) is 44.8 Å². The van der Waals surface area contributed by atoms with E-state index in [0.717, 1.165) is 17.6 Å². The number of benzene rings is 2. The molecule has 1 aliphatic heterocycles. The zero-order valence-corrected chi connectivity index (χ0v) is 16.8. The lowest BCUT2D eigenvalue weighted by molar-refractivity contribution is -0.121. The highest BCUT2D eigenvalue weighted by molar-refractivity contribution is 5.97. The number of fused-ring (bicyclic) bond motifs is 1. The molecule has 0 bridgehead atoms. The van der Waals surface area contributed by atoms with Gasteiger partial charge in [0.1, 0.15) is 5.52 Å². The van der Waals surface area contributed by atoms with Gasteiger partial charge in [0, 0.05) is 37.3 Å². The first-order chi connectivity index (χ1) is 14.0. The van der Waals surface area contributed by atoms with Crippen LogP contribution in [0, 0.1) is 5.92 Å². The number of nitrogens with zero attached hydrogens (tertiary/aromatic N) is 4. The van der Waals surface area contributed by atoms with Crippen molar-refractivity contribution in [3.8, 4) is 0 Å². The van der Waals surface area contributed by atoms with Crippen molar-refractivity contribution in [2.45, 2.75) is 26.2 Å². The van der Waals surface area contributed by atoms with Gasteiger partial charge < -0.3 is 10.2 Å². The molecule has 29 heavy (non-hydrogen) atoms. The summed E-state index contributed by atoms with van der Waals surface area (Å²) >= 11 is 0. The topological polar surface area (TPSA) is 80.1 Å². The summed E-state index contributed by atoms with van der Waals surface area (Å²) in [4.78, 5) is 27.3. The van der Waals surface area contributed by atoms with Gasteiger partial charge >= 0.3 is 0 Å². The molecule has 1 N–H and O–H groups in total. The molecule has 150 valence electrons. The average molecular weight is 391 g/mol. The number of carbonyl (C=O) groups excluding carboxylic acids is 2. The molecule has 1 aromatic heterocycles. The zero-order chi connectivity index (χ0) is 20.4. The SMILES string of the molecule is CCc1ccc(NC(=O)C2CCN(C(=O)c3ccc4c(c3)nnn4C)CC2)cc1. The summed E-state index contributed by atoms with van der Waals surface area (Å²) in [6.07, 6.45) is 2.31. The average Bonchev–Trinajstić information content (AvgIpc) is 3.14. The molecule has 7 heteroatoms. The maximum absolute atomic E-state index is 12.8. The first-order valence-electron chi connectivity index (χ1n) is 10.0. The van der Waals surface area contributed by atoms with E-state index in [1.807, 2.05) is 48.3 Å². The van der Waals surface area contributed by atoms with Crippen LogP contribution in [0.3, 0.4) is 0 Å². The summed E-state index contributed by atoms with van der Waals surface area (Å²) in [7, 11) is 1.82. The minimum absolute atomic E-state index is 0.0217. The minimum atomic E-state index is -0.0765. The highest BCUT2D eigenvalue weighted by Gasteiger charge is 2.28. The van der Waals surface area contributed by atoms with Crippen LogP contribution < -0.4 is 5.32 Å². The van der Waals surface area contributed by atoms with Crippen LogP contribution in [0.2, 0.25) is 0 Å². The van der Waals surface area contributed by atoms with Gasteiger partial charge in [-0.3, -0.25) is 9.59 Å². The molecule has 2 heterocycles. The van der Waals surface area contributed by atoms with E-state index in [1.165, 1.54) is 5.56 Å². The van der Waals surface area contributed by atoms with E-state index in [9.17, 15) is 9.59 Å². The number of piperidine rings is 1. The first-order valence-corrected chi connectivity index (χ1v) is 10.0. The van der Waals surface area contributed by atoms with E-state index >= 15 is 0 Å². The van der Waals surface area contributed by atoms with Gasteiger partial charge in [0.25, 0.3) is 5.91 Å². The van der Waals surface area contributed by atoms with Gasteiger partial charge in [-0.2, -0.15) is 0 Å². The molecule has 3 aromatic rings. The van der Waals surface area contributed by atoms with Crippen LogP contribution in [0.4, 0.5) is 5.69 Å². The lowest BCUT2D eigenvalue weighted by atomic mass is 9.95. The van der Waals surface area contributed by atoms with Crippen molar-refractivity contribution in [3.05, 3.63) is 53.6 Å². The second kappa shape index (κ2) is 8.03. The molecule has 0 spiro atoms. The van der Waals surface area contributed by atoms with Crippen molar-refractivity contribution in [2.24, 2.45) is 13.0 Å². The van der Waals surface area contributed by atoms with Gasteiger partial charge in [0.05, 0.1) is 5.52 Å². The van der Waals surface area contributed by atoms with E-state index in [1.54, 1.807) is 10.7 Å². The molecule has 1 fully saturated rings. The smallest absolute Gasteiger partial charge is 0.253 e. The van der Waals surface area contributed by atoms with Gasteiger partial charge in [-0.05, 0) is 55.2 Å². The minimum Gasteiger partial charge on any atom is -0.339 e. The lowest BCUT2D eigenvalue weighted by Crippen LogP contribution is -2.41. The van der Waals surface area contributed by atoms with Crippen molar-refractivity contribution < 1.29 is 9.59 Å². The molecule has 0 unspecified atom stereocenters. The van der Waals surface area contributed by atoms with E-state index < -0.39 is 0 Å². The summed E-state index contributed by atoms with van der Waals surface area (Å²) in [5.41, 5.74) is 4.28. The number of aromatic nitrogens is 3. The predicted octanol–water partition coefficient (Wildman–Crippen LogP) is 3.02. The third-order valence-electron chi connectivity index (χ3n) is 5.64. The van der Waals surface area contributed by atoms with Crippen LogP contribution in [0.25, 0.3) is 11.0 Å². The molecule has 0 radical (unpaired) electrons. The van der Waals surface area contributed by atoms with E-state index in [0.29, 0.717) is 37.0 Å². The highest BCUT2D eigenvalue weighted by atomic mass is 16.2. The van der Waals surface area contributed by atoms with Crippen molar-refractivity contribution in [1.29, 1.82) is 0 Å². The molecule has 0 atom stereocenters. The molecule has 7 nitrogen and oxygen atoms in total. The van der Waals surface area contributed by atoms with Crippen LogP contribution >= 0.6 is 0 Å². The van der Waals surface area contributed by atoms with E-state index in [4.69, 9.17) is 0 Å². The van der Waals surface area contributed by atoms with E-state index in [-0.39, 0.29) is 17.7 Å². The Hall–Kier alpha value is -3.22. The number of anilines is 1. The molecule has 1 aliphatic rings. The maximum atomic E-state index is 12.8. The quantitative estimate of drug-likeness (QED) is 0.741. The molecule has 1 saturated heterocycles. The zero-order valence-electron chi connectivity index (χ0n) is 16.8. The summed E-state index contributed by atoms with van der Waals surface area (Å²) in [6.45, 7) is 3.25. The van der Waals surface area contributed by atoms with E-state index in [2.05, 4.69) is 22.6 Å². The number of amides is 2. The fraction of sp³-hybridized carbons (Fsp3) is 0.364. The van der Waals surface area contributed by atoms with Gasteiger partial charge in [0.15, 0.2) is 0 Å². The third kappa shape index (κ3) is 3.99. The van der Waals surface area contributed by atoms with Crippen molar-refractivity contribution in [2.75, 3.05) is 18.4 Å². The maximum Gasteiger partial charge on any atom is 0.253 e. The molecule has 4 rings (SSSR count). The first kappa shape index (κ1) is 19.1. The van der Waals surface area contributed by atoms with Crippen LogP contribution in [0.1, 0.15) is 35.7 Å². The van der Waals surface area contributed by atoms with Gasteiger partial charge in [-0.1, -0.05) is 24.3 Å². The van der Waals surface area contributed by atoms with Gasteiger partial charge in [-0.15, -0.1) is 5.10 Å². The Morgan fingerprint density at radius 1 is 1.10 bits per heavy atom. The Labute approximate surface area is 169 Å². The Kier molecular flexibility index (Phi) is 5.29. The second-order valence-corrected chi connectivity index (χ2v) is 7.52. The Morgan fingerprint density at radius 2 is 1.83 bits per heavy atom. The lowest BCUT2D eigenvalue weighted by Gasteiger charge is -2.31. The number of likely N-dealkylation sites (tertiary alicyclic amines) is 1. The van der Waals surface area contributed by atoms with Crippen LogP contribution in [-0.2, 0) is 18.3 Å². The summed E-state index contributed by atoms with van der Waals surface area (Å²) in [5.74, 6) is -0.0683. The summed E-state index contributed by atoms with van der Waals surface area (Å²) in [5, 5.41) is 11.1. The fourth-order valence-electron chi connectivity index (χ4n) is 3.77. The molecular formula is C22H25N5O2. The Morgan fingerprint density at radius 3 is 2.52 bits per heavy atom. The summed E-state index contributed by atoms with van der Waals surface area (Å²) in [6, 6.07) is 13.4. The normalized spacial score (nSPS) is 14.9. The third-order valence-corrected chi connectivity index (χ3v) is 5.64. The Bertz CT molecular complexity index is 1030. The van der Waals surface area contributed by atoms with Crippen LogP contribution in [0.5, 0.6) is 0 Å². The fourth-order valence-corrected chi connectivity index (χ4v) is 3.77. The number of rotatable bonds is 4. The molecular weight excluding hydrogens is 366 g/mol. The van der Waals surface area contributed by atoms with Crippen molar-refractivity contribution in [1.82, 2.24) is 19.9 Å². The number of carbonyl (C=O) groups is 2. The number of aryl methyl sites for hydroxylation is 2. The Balaban J connectivity index is 1.35. The summed E-state index contributed by atoms with van der Waals surface area (Å²) < 4.78 is 1.68. The standard InChI is InChI=1S/C22H25N5O2/c1-3-15-4-7-18(8-5-15)23-21(28)16-10-12-27(13-11-16)22(29)17-6-9-20-19(14-17)24-25-26(20)2/h4-9,14,16H,3,10-13H2,1-2H3,(H,23,28). The molecule has 2 aromatic carbocycles. The van der Waals surface area contributed by atoms with Crippen molar-refractivity contribution in [3.63, 3.8) is 0 Å². The predicted molar refractivity (Wildman–Crippen MR) is 112 cm³/mol. The number of hydrogen-bond acceptors (Lipinski definition) is 4. The molecule has 0 saturated carbocycles. The van der Waals surface area contributed by atoms with Gasteiger partial charge in [0.2, 0.25) is 5.91 Å². The number of nitrogens with one attached hydrogen (secondary N) is 1.